The van der Waals surface area contributed by atoms with E-state index in [1.54, 1.807) is 25.1 Å². The van der Waals surface area contributed by atoms with Crippen molar-refractivity contribution < 1.29 is 43.3 Å². The second-order valence-corrected chi connectivity index (χ2v) is 12.4. The minimum atomic E-state index is -0.613. The molecule has 0 saturated carbocycles. The highest BCUT2D eigenvalue weighted by Gasteiger charge is 2.45. The first kappa shape index (κ1) is 33.7. The summed E-state index contributed by atoms with van der Waals surface area (Å²) in [6.07, 6.45) is 7.24. The first-order valence-electron chi connectivity index (χ1n) is 15.4. The molecule has 0 radical (unpaired) electrons. The molecule has 1 N–H and O–H groups in total. The van der Waals surface area contributed by atoms with Gasteiger partial charge in [0, 0.05) is 17.8 Å². The van der Waals surface area contributed by atoms with E-state index in [0.29, 0.717) is 28.9 Å². The van der Waals surface area contributed by atoms with Gasteiger partial charge in [-0.1, -0.05) is 13.0 Å². The van der Waals surface area contributed by atoms with E-state index in [1.807, 2.05) is 32.6 Å². The Hall–Kier alpha value is -5.65. The number of carbonyl (C=O) groups is 6. The number of hydrogen-bond acceptors (Lipinski definition) is 11. The van der Waals surface area contributed by atoms with E-state index < -0.39 is 28.8 Å². The molecule has 0 saturated heterocycles. The molecule has 1 aliphatic heterocycles. The van der Waals surface area contributed by atoms with E-state index in [1.165, 1.54) is 5.01 Å². The molecule has 12 heteroatoms. The predicted molar refractivity (Wildman–Crippen MR) is 176 cm³/mol. The molecule has 248 valence electrons. The van der Waals surface area contributed by atoms with Crippen LogP contribution >= 0.6 is 0 Å². The summed E-state index contributed by atoms with van der Waals surface area (Å²) >= 11 is 0. The van der Waals surface area contributed by atoms with Crippen molar-refractivity contribution in [3.63, 3.8) is 0 Å². The number of aliphatic hydroxyl groups is 1. The third-order valence-electron chi connectivity index (χ3n) is 7.98. The van der Waals surface area contributed by atoms with E-state index in [9.17, 15) is 33.9 Å². The Morgan fingerprint density at radius 2 is 1.38 bits per heavy atom. The average molecular weight is 654 g/mol. The molecule has 1 aromatic carbocycles. The molecule has 48 heavy (non-hydrogen) atoms. The molecular formula is C36H35N3O9. The molecule has 3 aliphatic carbocycles. The van der Waals surface area contributed by atoms with Gasteiger partial charge in [-0.3, -0.25) is 28.8 Å². The third-order valence-corrected chi connectivity index (χ3v) is 7.98. The van der Waals surface area contributed by atoms with Crippen molar-refractivity contribution in [1.82, 2.24) is 5.01 Å². The molecule has 1 aromatic rings. The molecule has 0 fully saturated rings. The second-order valence-electron chi connectivity index (χ2n) is 12.4. The number of ether oxygens (including phenoxy) is 2. The number of ketones is 5. The molecule has 0 atom stereocenters. The van der Waals surface area contributed by atoms with Gasteiger partial charge < -0.3 is 19.5 Å². The van der Waals surface area contributed by atoms with Crippen LogP contribution in [0.5, 0.6) is 0 Å². The highest BCUT2D eigenvalue weighted by Crippen LogP contribution is 2.42. The highest BCUT2D eigenvalue weighted by atomic mass is 16.5. The SMILES string of the molecule is CCC1=NN(C(C)(C)C)C(=O)/C1=C1/C(=O)C(c2ccc(N(CCOC3=CC(=O)C=CC3=O)CCOC3=CC(=O)C=CC3=O)cc2C)=C1O. The largest absolute Gasteiger partial charge is 0.506 e. The van der Waals surface area contributed by atoms with E-state index in [4.69, 9.17) is 9.47 Å². The summed E-state index contributed by atoms with van der Waals surface area (Å²) in [5, 5.41) is 16.9. The lowest BCUT2D eigenvalue weighted by atomic mass is 9.78. The van der Waals surface area contributed by atoms with Crippen LogP contribution in [0.4, 0.5) is 5.69 Å². The molecule has 5 rings (SSSR count). The summed E-state index contributed by atoms with van der Waals surface area (Å²) in [6, 6.07) is 5.21. The van der Waals surface area contributed by atoms with Crippen LogP contribution in [-0.4, -0.2) is 82.5 Å². The van der Waals surface area contributed by atoms with Crippen molar-refractivity contribution in [3.8, 4) is 0 Å². The fourth-order valence-electron chi connectivity index (χ4n) is 5.51. The van der Waals surface area contributed by atoms with Crippen molar-refractivity contribution in [2.24, 2.45) is 5.10 Å². The van der Waals surface area contributed by atoms with Crippen molar-refractivity contribution >= 4 is 51.8 Å². The van der Waals surface area contributed by atoms with E-state index >= 15 is 0 Å². The fraction of sp³-hybridized carbons (Fsp3) is 0.306. The van der Waals surface area contributed by atoms with Crippen LogP contribution in [0, 0.1) is 6.92 Å². The molecule has 12 nitrogen and oxygen atoms in total. The number of amides is 1. The van der Waals surface area contributed by atoms with Crippen LogP contribution in [-0.2, 0) is 38.2 Å². The van der Waals surface area contributed by atoms with E-state index in [-0.39, 0.29) is 71.9 Å². The summed E-state index contributed by atoms with van der Waals surface area (Å²) in [4.78, 5) is 76.3. The molecule has 0 spiro atoms. The van der Waals surface area contributed by atoms with Gasteiger partial charge in [0.05, 0.1) is 41.1 Å². The number of hydrogen-bond donors (Lipinski definition) is 1. The maximum Gasteiger partial charge on any atom is 0.277 e. The van der Waals surface area contributed by atoms with Crippen molar-refractivity contribution in [3.05, 3.63) is 94.2 Å². The second kappa shape index (κ2) is 13.2. The first-order valence-corrected chi connectivity index (χ1v) is 15.4. The summed E-state index contributed by atoms with van der Waals surface area (Å²) in [7, 11) is 0. The van der Waals surface area contributed by atoms with Crippen molar-refractivity contribution in [1.29, 1.82) is 0 Å². The zero-order valence-corrected chi connectivity index (χ0v) is 27.3. The summed E-state index contributed by atoms with van der Waals surface area (Å²) in [6.45, 7) is 9.60. The van der Waals surface area contributed by atoms with E-state index in [2.05, 4.69) is 5.10 Å². The van der Waals surface area contributed by atoms with Gasteiger partial charge >= 0.3 is 0 Å². The Kier molecular flexibility index (Phi) is 9.29. The van der Waals surface area contributed by atoms with E-state index in [0.717, 1.165) is 36.5 Å². The number of nitrogens with zero attached hydrogens (tertiary/aromatic N) is 3. The number of anilines is 1. The van der Waals surface area contributed by atoms with Crippen molar-refractivity contribution in [2.45, 2.75) is 46.6 Å². The number of benzene rings is 1. The minimum absolute atomic E-state index is 0.0185. The summed E-state index contributed by atoms with van der Waals surface area (Å²) in [5.74, 6) is -2.89. The Labute approximate surface area is 277 Å². The number of carbonyl (C=O) groups excluding carboxylic acids is 6. The molecule has 1 amide bonds. The van der Waals surface area contributed by atoms with Gasteiger partial charge in [-0.05, 0) is 81.7 Å². The smallest absolute Gasteiger partial charge is 0.277 e. The lowest BCUT2D eigenvalue weighted by Gasteiger charge is -2.29. The zero-order chi connectivity index (χ0) is 34.9. The number of allylic oxidation sites excluding steroid dienone is 8. The summed E-state index contributed by atoms with van der Waals surface area (Å²) in [5.41, 5.74) is 1.80. The van der Waals surface area contributed by atoms with Crippen LogP contribution in [0.25, 0.3) is 5.57 Å². The molecule has 0 unspecified atom stereocenters. The Balaban J connectivity index is 1.39. The van der Waals surface area contributed by atoms with Crippen LogP contribution in [0.2, 0.25) is 0 Å². The Morgan fingerprint density at radius 1 is 0.812 bits per heavy atom. The normalized spacial score (nSPS) is 19.5. The van der Waals surface area contributed by atoms with Gasteiger partial charge in [0.1, 0.15) is 19.0 Å². The lowest BCUT2D eigenvalue weighted by molar-refractivity contribution is -0.130. The van der Waals surface area contributed by atoms with Gasteiger partial charge in [-0.2, -0.15) is 5.10 Å². The Bertz CT molecular complexity index is 1820. The standard InChI is InChI=1S/C36H35N3O9/c1-6-25-31(35(46)39(37-25)36(3,4)5)32-33(44)30(34(32)45)24-10-7-21(17-20(24)2)38(13-15-47-28-18-22(40)8-11-26(28)42)14-16-48-29-19-23(41)9-12-27(29)43/h7-12,17-19,44H,6,13-16H2,1-5H3/b32-31+. The maximum atomic E-state index is 13.5. The lowest BCUT2D eigenvalue weighted by Crippen LogP contribution is -2.40. The van der Waals surface area contributed by atoms with Crippen LogP contribution < -0.4 is 4.90 Å². The predicted octanol–water partition coefficient (Wildman–Crippen LogP) is 3.57. The average Bonchev–Trinajstić information content (AvgIpc) is 3.36. The molecule has 4 aliphatic rings. The van der Waals surface area contributed by atoms with Crippen LogP contribution in [0.1, 0.15) is 45.2 Å². The highest BCUT2D eigenvalue weighted by molar-refractivity contribution is 6.44. The van der Waals surface area contributed by atoms with Crippen molar-refractivity contribution in [2.75, 3.05) is 31.2 Å². The van der Waals surface area contributed by atoms with Gasteiger partial charge in [-0.15, -0.1) is 0 Å². The molecular weight excluding hydrogens is 618 g/mol. The monoisotopic (exact) mass is 653 g/mol. The fourth-order valence-corrected chi connectivity index (χ4v) is 5.51. The quantitative estimate of drug-likeness (QED) is 0.276. The number of aryl methyl sites for hydroxylation is 1. The molecule has 0 bridgehead atoms. The van der Waals surface area contributed by atoms with Crippen LogP contribution in [0.15, 0.2) is 88.2 Å². The molecule has 1 heterocycles. The number of rotatable bonds is 11. The van der Waals surface area contributed by atoms with Gasteiger partial charge in [-0.25, -0.2) is 5.01 Å². The Morgan fingerprint density at radius 3 is 1.85 bits per heavy atom. The minimum Gasteiger partial charge on any atom is -0.506 e. The van der Waals surface area contributed by atoms with Gasteiger partial charge in [0.15, 0.2) is 23.1 Å². The maximum absolute atomic E-state index is 13.5. The molecule has 0 aromatic heterocycles. The number of aliphatic hydroxyl groups excluding tert-OH is 1. The number of hydrazone groups is 1. The van der Waals surface area contributed by atoms with Gasteiger partial charge in [0.25, 0.3) is 5.91 Å². The van der Waals surface area contributed by atoms with Crippen LogP contribution in [0.3, 0.4) is 0 Å². The zero-order valence-electron chi connectivity index (χ0n) is 27.3. The summed E-state index contributed by atoms with van der Waals surface area (Å²) < 4.78 is 11.2. The topological polar surface area (TPSA) is 160 Å². The number of Topliss-reactive ketones (excluding diaryl/α,β-unsaturated/α-hetero) is 1. The third kappa shape index (κ3) is 6.59. The van der Waals surface area contributed by atoms with Gasteiger partial charge in [0.2, 0.25) is 17.3 Å². The first-order chi connectivity index (χ1) is 22.7.